The number of aliphatic hydroxyl groups is 1. The normalized spacial score (nSPS) is 19.7. The molecule has 0 aromatic heterocycles. The van der Waals surface area contributed by atoms with Gasteiger partial charge in [0.1, 0.15) is 18.4 Å². The van der Waals surface area contributed by atoms with Gasteiger partial charge >= 0.3 is 6.05 Å². The number of halogens is 3. The van der Waals surface area contributed by atoms with Gasteiger partial charge in [0.2, 0.25) is 5.91 Å². The number of carbonyl (C=O) groups is 3. The predicted molar refractivity (Wildman–Crippen MR) is 143 cm³/mol. The lowest BCUT2D eigenvalue weighted by Gasteiger charge is -2.46. The molecule has 0 spiro atoms. The zero-order chi connectivity index (χ0) is 29.2. The van der Waals surface area contributed by atoms with Crippen LogP contribution in [0.25, 0.3) is 0 Å². The number of piperazine rings is 1. The van der Waals surface area contributed by atoms with E-state index in [9.17, 15) is 23.9 Å². The van der Waals surface area contributed by atoms with Crippen LogP contribution in [0.15, 0.2) is 42.5 Å². The summed E-state index contributed by atoms with van der Waals surface area (Å²) in [4.78, 5) is 41.2. The van der Waals surface area contributed by atoms with E-state index >= 15 is 8.78 Å². The fourth-order valence-corrected chi connectivity index (χ4v) is 5.39. The maximum atomic E-state index is 15.1. The van der Waals surface area contributed by atoms with Gasteiger partial charge in [0.15, 0.2) is 6.10 Å². The summed E-state index contributed by atoms with van der Waals surface area (Å²) in [6, 6.07) is 4.49. The number of hydrogen-bond donors (Lipinski definition) is 3. The van der Waals surface area contributed by atoms with Gasteiger partial charge in [-0.15, -0.1) is 0 Å². The molecule has 216 valence electrons. The van der Waals surface area contributed by atoms with E-state index in [2.05, 4.69) is 10.6 Å². The Hall–Kier alpha value is -3.60. The second-order valence-electron chi connectivity index (χ2n) is 10.8. The van der Waals surface area contributed by atoms with Crippen molar-refractivity contribution >= 4 is 23.4 Å². The zero-order valence-corrected chi connectivity index (χ0v) is 22.8. The number of nitrogens with zero attached hydrogens (tertiary/aromatic N) is 2. The lowest BCUT2D eigenvalue weighted by molar-refractivity contribution is -0.211. The average molecular weight is 561 g/mol. The van der Waals surface area contributed by atoms with Gasteiger partial charge in [-0.25, -0.2) is 4.39 Å². The number of aliphatic hydroxyl groups excluding tert-OH is 1. The Morgan fingerprint density at radius 1 is 1.20 bits per heavy atom. The van der Waals surface area contributed by atoms with Crippen molar-refractivity contribution in [3.05, 3.63) is 65.0 Å². The van der Waals surface area contributed by atoms with Crippen molar-refractivity contribution in [2.75, 3.05) is 25.0 Å². The zero-order valence-electron chi connectivity index (χ0n) is 22.8. The van der Waals surface area contributed by atoms with Gasteiger partial charge in [-0.3, -0.25) is 19.3 Å². The summed E-state index contributed by atoms with van der Waals surface area (Å²) in [7, 11) is 0. The monoisotopic (exact) mass is 560 g/mol. The molecule has 2 aliphatic rings. The van der Waals surface area contributed by atoms with Crippen LogP contribution in [-0.2, 0) is 22.4 Å². The molecular weight excluding hydrogens is 525 g/mol. The number of fused-ring (bicyclic) bond motifs is 1. The Kier molecular flexibility index (Phi) is 8.72. The molecule has 0 radical (unpaired) electrons. The number of anilines is 1. The highest BCUT2D eigenvalue weighted by atomic mass is 19.3. The summed E-state index contributed by atoms with van der Waals surface area (Å²) < 4.78 is 44.2. The lowest BCUT2D eigenvalue weighted by Crippen LogP contribution is -2.68. The summed E-state index contributed by atoms with van der Waals surface area (Å²) in [5.41, 5.74) is 2.31. The van der Waals surface area contributed by atoms with Crippen LogP contribution in [0.3, 0.4) is 0 Å². The van der Waals surface area contributed by atoms with Crippen molar-refractivity contribution in [2.45, 2.75) is 64.3 Å². The SMILES string of the molecule is CC[C@H]1C(=O)N(CC(C)C)C(F)(F)CN1C(=O)[C@@H](O)[C@H](Cc1cccc(F)c1)NC(=O)c1cccc2c1CCN2. The van der Waals surface area contributed by atoms with Crippen LogP contribution in [0.1, 0.15) is 48.7 Å². The van der Waals surface area contributed by atoms with Crippen LogP contribution >= 0.6 is 0 Å². The standard InChI is InChI=1S/C29H35F3N4O4/c1-4-24-27(39)36(15-17(2)3)29(31,32)16-35(24)28(40)25(37)23(14-18-7-5-8-19(30)13-18)34-26(38)21-9-6-10-22-20(21)11-12-33-22/h5-10,13,17,23-25,33,37H,4,11-12,14-16H2,1-3H3,(H,34,38)/t23-,24-,25-/m0/s1. The van der Waals surface area contributed by atoms with Gasteiger partial charge in [-0.05, 0) is 60.6 Å². The number of amides is 3. The summed E-state index contributed by atoms with van der Waals surface area (Å²) in [5, 5.41) is 17.1. The fourth-order valence-electron chi connectivity index (χ4n) is 5.39. The molecule has 2 aliphatic heterocycles. The van der Waals surface area contributed by atoms with Crippen molar-refractivity contribution in [3.63, 3.8) is 0 Å². The lowest BCUT2D eigenvalue weighted by atomic mass is 9.97. The van der Waals surface area contributed by atoms with Crippen LogP contribution in [0, 0.1) is 11.7 Å². The molecule has 3 atom stereocenters. The first-order valence-corrected chi connectivity index (χ1v) is 13.5. The Balaban J connectivity index is 1.62. The summed E-state index contributed by atoms with van der Waals surface area (Å²) in [6.45, 7) is 4.41. The first-order chi connectivity index (χ1) is 18.9. The molecule has 1 saturated heterocycles. The number of hydrogen-bond acceptors (Lipinski definition) is 5. The Morgan fingerprint density at radius 3 is 2.60 bits per heavy atom. The van der Waals surface area contributed by atoms with Gasteiger partial charge in [0, 0.05) is 24.3 Å². The van der Waals surface area contributed by atoms with Gasteiger partial charge in [-0.2, -0.15) is 8.78 Å². The fraction of sp³-hybridized carbons (Fsp3) is 0.483. The van der Waals surface area contributed by atoms with Gasteiger partial charge in [-0.1, -0.05) is 39.0 Å². The molecule has 2 heterocycles. The van der Waals surface area contributed by atoms with Crippen molar-refractivity contribution < 1.29 is 32.7 Å². The second-order valence-corrected chi connectivity index (χ2v) is 10.8. The maximum Gasteiger partial charge on any atom is 0.345 e. The number of alkyl halides is 2. The molecule has 40 heavy (non-hydrogen) atoms. The predicted octanol–water partition coefficient (Wildman–Crippen LogP) is 3.19. The van der Waals surface area contributed by atoms with Gasteiger partial charge in [0.05, 0.1) is 6.04 Å². The molecule has 0 aliphatic carbocycles. The van der Waals surface area contributed by atoms with E-state index in [-0.39, 0.29) is 25.3 Å². The molecule has 3 amide bonds. The smallest absolute Gasteiger partial charge is 0.345 e. The molecule has 1 fully saturated rings. The first kappa shape index (κ1) is 29.4. The summed E-state index contributed by atoms with van der Waals surface area (Å²) in [6.07, 6.45) is -1.47. The van der Waals surface area contributed by atoms with E-state index in [4.69, 9.17) is 0 Å². The maximum absolute atomic E-state index is 15.1. The summed E-state index contributed by atoms with van der Waals surface area (Å²) >= 11 is 0. The minimum Gasteiger partial charge on any atom is -0.384 e. The van der Waals surface area contributed by atoms with Crippen molar-refractivity contribution in [1.29, 1.82) is 0 Å². The molecule has 4 rings (SSSR count). The Bertz CT molecular complexity index is 1270. The summed E-state index contributed by atoms with van der Waals surface area (Å²) in [5.74, 6) is -3.34. The molecule has 2 aromatic carbocycles. The van der Waals surface area contributed by atoms with Crippen molar-refractivity contribution in [2.24, 2.45) is 5.92 Å². The van der Waals surface area contributed by atoms with Crippen LogP contribution < -0.4 is 10.6 Å². The number of rotatable bonds is 9. The van der Waals surface area contributed by atoms with Gasteiger partial charge in [0.25, 0.3) is 11.8 Å². The second kappa shape index (κ2) is 11.9. The third-order valence-electron chi connectivity index (χ3n) is 7.31. The van der Waals surface area contributed by atoms with Crippen LogP contribution in [0.2, 0.25) is 0 Å². The van der Waals surface area contributed by atoms with Crippen LogP contribution in [0.5, 0.6) is 0 Å². The average Bonchev–Trinajstić information content (AvgIpc) is 3.38. The van der Waals surface area contributed by atoms with E-state index < -0.39 is 54.3 Å². The topological polar surface area (TPSA) is 102 Å². The highest BCUT2D eigenvalue weighted by Crippen LogP contribution is 2.32. The quantitative estimate of drug-likeness (QED) is 0.409. The van der Waals surface area contributed by atoms with Crippen LogP contribution in [-0.4, -0.2) is 76.5 Å². The number of carbonyl (C=O) groups excluding carboxylic acids is 3. The van der Waals surface area contributed by atoms with E-state index in [0.29, 0.717) is 33.9 Å². The van der Waals surface area contributed by atoms with Gasteiger partial charge < -0.3 is 20.6 Å². The Labute approximate surface area is 231 Å². The third kappa shape index (κ3) is 6.09. The molecule has 8 nitrogen and oxygen atoms in total. The van der Waals surface area contributed by atoms with E-state index in [1.165, 1.54) is 18.2 Å². The van der Waals surface area contributed by atoms with Crippen molar-refractivity contribution in [1.82, 2.24) is 15.1 Å². The molecule has 3 N–H and O–H groups in total. The molecule has 0 unspecified atom stereocenters. The largest absolute Gasteiger partial charge is 0.384 e. The van der Waals surface area contributed by atoms with Crippen LogP contribution in [0.4, 0.5) is 18.9 Å². The minimum atomic E-state index is -3.64. The first-order valence-electron chi connectivity index (χ1n) is 13.5. The molecule has 0 bridgehead atoms. The number of benzene rings is 2. The van der Waals surface area contributed by atoms with E-state index in [0.717, 1.165) is 11.3 Å². The molecule has 2 aromatic rings. The Morgan fingerprint density at radius 2 is 1.93 bits per heavy atom. The highest BCUT2D eigenvalue weighted by molar-refractivity contribution is 5.98. The van der Waals surface area contributed by atoms with Crippen molar-refractivity contribution in [3.8, 4) is 0 Å². The molecule has 0 saturated carbocycles. The van der Waals surface area contributed by atoms with E-state index in [1.54, 1.807) is 39.0 Å². The highest BCUT2D eigenvalue weighted by Gasteiger charge is 2.53. The minimum absolute atomic E-state index is 0.0616. The molecule has 11 heteroatoms. The third-order valence-corrected chi connectivity index (χ3v) is 7.31. The van der Waals surface area contributed by atoms with E-state index in [1.807, 2.05) is 6.07 Å². The number of nitrogens with one attached hydrogen (secondary N) is 2. The molecular formula is C29H35F3N4O4.